The van der Waals surface area contributed by atoms with Crippen LogP contribution >= 0.6 is 11.6 Å². The number of carbonyl (C=O) groups is 2. The van der Waals surface area contributed by atoms with E-state index in [1.165, 1.54) is 24.3 Å². The minimum atomic E-state index is -0.775. The number of carbonyl (C=O) groups excluding carboxylic acids is 2. The van der Waals surface area contributed by atoms with Crippen molar-refractivity contribution in [3.05, 3.63) is 99.6 Å². The number of non-ortho nitro benzene ring substituents is 1. The summed E-state index contributed by atoms with van der Waals surface area (Å²) in [5.41, 5.74) is 1.52. The summed E-state index contributed by atoms with van der Waals surface area (Å²) in [5, 5.41) is 16.7. The number of ether oxygens (including phenoxy) is 1. The summed E-state index contributed by atoms with van der Waals surface area (Å²) < 4.78 is 5.59. The molecule has 0 aromatic heterocycles. The zero-order chi connectivity index (χ0) is 23.8. The number of amides is 2. The molecular weight excluding hydrogens is 446 g/mol. The largest absolute Gasteiger partial charge is 0.479 e. The van der Waals surface area contributed by atoms with Crippen LogP contribution in [0.1, 0.15) is 12.5 Å². The normalized spacial score (nSPS) is 11.6. The Morgan fingerprint density at radius 3 is 2.33 bits per heavy atom. The molecule has 0 radical (unpaired) electrons. The first-order valence-corrected chi connectivity index (χ1v) is 10.3. The Labute approximate surface area is 195 Å². The van der Waals surface area contributed by atoms with Crippen molar-refractivity contribution >= 4 is 46.6 Å². The van der Waals surface area contributed by atoms with Crippen molar-refractivity contribution in [2.75, 3.05) is 10.6 Å². The van der Waals surface area contributed by atoms with E-state index in [4.69, 9.17) is 16.3 Å². The summed E-state index contributed by atoms with van der Waals surface area (Å²) >= 11 is 6.05. The highest BCUT2D eigenvalue weighted by Crippen LogP contribution is 2.24. The zero-order valence-electron chi connectivity index (χ0n) is 17.5. The molecule has 0 spiro atoms. The van der Waals surface area contributed by atoms with Gasteiger partial charge in [-0.15, -0.1) is 0 Å². The molecule has 1 atom stereocenters. The number of para-hydroxylation sites is 1. The molecular formula is C24H20ClN3O5. The first-order chi connectivity index (χ1) is 15.8. The molecule has 168 valence electrons. The Morgan fingerprint density at radius 1 is 1.00 bits per heavy atom. The average Bonchev–Trinajstić information content (AvgIpc) is 2.80. The molecule has 33 heavy (non-hydrogen) atoms. The lowest BCUT2D eigenvalue weighted by Gasteiger charge is -2.15. The monoisotopic (exact) mass is 465 g/mol. The quantitative estimate of drug-likeness (QED) is 0.266. The number of halogens is 1. The fourth-order valence-corrected chi connectivity index (χ4v) is 2.94. The maximum Gasteiger partial charge on any atom is 0.270 e. The second-order valence-electron chi connectivity index (χ2n) is 6.93. The van der Waals surface area contributed by atoms with Crippen LogP contribution < -0.4 is 15.4 Å². The van der Waals surface area contributed by atoms with Crippen molar-refractivity contribution in [1.82, 2.24) is 0 Å². The van der Waals surface area contributed by atoms with Gasteiger partial charge in [-0.05, 0) is 55.0 Å². The third-order valence-corrected chi connectivity index (χ3v) is 4.75. The topological polar surface area (TPSA) is 111 Å². The van der Waals surface area contributed by atoms with E-state index in [9.17, 15) is 19.7 Å². The lowest BCUT2D eigenvalue weighted by atomic mass is 10.2. The van der Waals surface area contributed by atoms with E-state index in [1.807, 2.05) is 0 Å². The van der Waals surface area contributed by atoms with Crippen molar-refractivity contribution in [3.8, 4) is 5.75 Å². The van der Waals surface area contributed by atoms with Gasteiger partial charge in [0.25, 0.3) is 11.6 Å². The Hall–Kier alpha value is -4.17. The molecule has 3 rings (SSSR count). The van der Waals surface area contributed by atoms with Gasteiger partial charge in [0.05, 0.1) is 9.95 Å². The molecule has 8 nitrogen and oxygen atoms in total. The molecule has 0 bridgehead atoms. The third-order valence-electron chi connectivity index (χ3n) is 4.44. The predicted molar refractivity (Wildman–Crippen MR) is 127 cm³/mol. The predicted octanol–water partition coefficient (Wildman–Crippen LogP) is 5.31. The number of nitro groups is 1. The van der Waals surface area contributed by atoms with E-state index in [1.54, 1.807) is 67.6 Å². The molecule has 9 heteroatoms. The van der Waals surface area contributed by atoms with Gasteiger partial charge in [0, 0.05) is 29.6 Å². The highest BCUT2D eigenvalue weighted by atomic mass is 35.5. The van der Waals surface area contributed by atoms with Gasteiger partial charge in [-0.2, -0.15) is 0 Å². The van der Waals surface area contributed by atoms with Crippen LogP contribution in [0.25, 0.3) is 6.08 Å². The number of hydrogen-bond acceptors (Lipinski definition) is 5. The second kappa shape index (κ2) is 10.9. The molecule has 0 heterocycles. The van der Waals surface area contributed by atoms with Crippen molar-refractivity contribution in [1.29, 1.82) is 0 Å². The molecule has 1 unspecified atom stereocenters. The average molecular weight is 466 g/mol. The standard InChI is InChI=1S/C24H20ClN3O5/c1-16(33-22-8-3-2-7-21(22)25)24(30)27-19-12-10-18(11-13-19)26-23(29)14-9-17-5-4-6-20(15-17)28(31)32/h2-16H,1H3,(H,26,29)(H,27,30)/b14-9+. The summed E-state index contributed by atoms with van der Waals surface area (Å²) in [6.07, 6.45) is 1.99. The lowest BCUT2D eigenvalue weighted by Crippen LogP contribution is -2.30. The molecule has 3 aromatic rings. The molecule has 2 amide bonds. The highest BCUT2D eigenvalue weighted by molar-refractivity contribution is 6.32. The lowest BCUT2D eigenvalue weighted by molar-refractivity contribution is -0.384. The van der Waals surface area contributed by atoms with Crippen molar-refractivity contribution in [2.45, 2.75) is 13.0 Å². The smallest absolute Gasteiger partial charge is 0.270 e. The molecule has 0 aliphatic rings. The van der Waals surface area contributed by atoms with Gasteiger partial charge in [-0.1, -0.05) is 35.9 Å². The Balaban J connectivity index is 1.53. The summed E-state index contributed by atoms with van der Waals surface area (Å²) in [5.74, 6) is -0.343. The van der Waals surface area contributed by atoms with Crippen LogP contribution in [-0.2, 0) is 9.59 Å². The van der Waals surface area contributed by atoms with Crippen LogP contribution in [0.2, 0.25) is 5.02 Å². The van der Waals surface area contributed by atoms with Crippen molar-refractivity contribution in [3.63, 3.8) is 0 Å². The van der Waals surface area contributed by atoms with Gasteiger partial charge < -0.3 is 15.4 Å². The minimum Gasteiger partial charge on any atom is -0.479 e. The number of anilines is 2. The van der Waals surface area contributed by atoms with Gasteiger partial charge in [0.2, 0.25) is 5.91 Å². The van der Waals surface area contributed by atoms with E-state index in [-0.39, 0.29) is 11.6 Å². The van der Waals surface area contributed by atoms with Gasteiger partial charge in [0.1, 0.15) is 5.75 Å². The van der Waals surface area contributed by atoms with E-state index >= 15 is 0 Å². The van der Waals surface area contributed by atoms with Crippen LogP contribution in [0.3, 0.4) is 0 Å². The Bertz CT molecular complexity index is 1190. The summed E-state index contributed by atoms with van der Waals surface area (Å²) in [6.45, 7) is 1.61. The highest BCUT2D eigenvalue weighted by Gasteiger charge is 2.16. The fraction of sp³-hybridized carbons (Fsp3) is 0.0833. The van der Waals surface area contributed by atoms with E-state index in [0.29, 0.717) is 27.7 Å². The number of rotatable bonds is 8. The second-order valence-corrected chi connectivity index (χ2v) is 7.34. The zero-order valence-corrected chi connectivity index (χ0v) is 18.3. The first kappa shape index (κ1) is 23.5. The van der Waals surface area contributed by atoms with Crippen LogP contribution in [0.15, 0.2) is 78.9 Å². The molecule has 0 saturated heterocycles. The molecule has 2 N–H and O–H groups in total. The fourth-order valence-electron chi connectivity index (χ4n) is 2.76. The van der Waals surface area contributed by atoms with Crippen LogP contribution in [0, 0.1) is 10.1 Å². The molecule has 0 fully saturated rings. The minimum absolute atomic E-state index is 0.0539. The number of hydrogen-bond donors (Lipinski definition) is 2. The van der Waals surface area contributed by atoms with Gasteiger partial charge in [-0.25, -0.2) is 0 Å². The SMILES string of the molecule is CC(Oc1ccccc1Cl)C(=O)Nc1ccc(NC(=O)/C=C/c2cccc([N+](=O)[O-])c2)cc1. The maximum absolute atomic E-state index is 12.4. The van der Waals surface area contributed by atoms with Gasteiger partial charge >= 0.3 is 0 Å². The molecule has 0 aliphatic heterocycles. The summed E-state index contributed by atoms with van der Waals surface area (Å²) in [4.78, 5) is 34.8. The third kappa shape index (κ3) is 6.91. The van der Waals surface area contributed by atoms with E-state index in [2.05, 4.69) is 10.6 Å². The molecule has 3 aromatic carbocycles. The Morgan fingerprint density at radius 2 is 1.67 bits per heavy atom. The van der Waals surface area contributed by atoms with Crippen LogP contribution in [0.5, 0.6) is 5.75 Å². The van der Waals surface area contributed by atoms with Crippen LogP contribution in [0.4, 0.5) is 17.1 Å². The van der Waals surface area contributed by atoms with E-state index in [0.717, 1.165) is 0 Å². The van der Waals surface area contributed by atoms with Gasteiger partial charge in [0.15, 0.2) is 6.10 Å². The van der Waals surface area contributed by atoms with E-state index < -0.39 is 16.9 Å². The number of nitro benzene ring substituents is 1. The van der Waals surface area contributed by atoms with Crippen molar-refractivity contribution in [2.24, 2.45) is 0 Å². The van der Waals surface area contributed by atoms with Crippen molar-refractivity contribution < 1.29 is 19.2 Å². The summed E-state index contributed by atoms with van der Waals surface area (Å²) in [6, 6.07) is 19.4. The molecule has 0 aliphatic carbocycles. The Kier molecular flexibility index (Phi) is 7.77. The number of nitrogens with one attached hydrogen (secondary N) is 2. The maximum atomic E-state index is 12.4. The van der Waals surface area contributed by atoms with Gasteiger partial charge in [-0.3, -0.25) is 19.7 Å². The van der Waals surface area contributed by atoms with Crippen LogP contribution in [-0.4, -0.2) is 22.8 Å². The number of benzene rings is 3. The first-order valence-electron chi connectivity index (χ1n) is 9.87. The summed E-state index contributed by atoms with van der Waals surface area (Å²) in [7, 11) is 0. The molecule has 0 saturated carbocycles. The number of nitrogens with zero attached hydrogens (tertiary/aromatic N) is 1.